The minimum atomic E-state index is -3.81. The standard InChI is InChI=1S/C17H16BrFN2O4S/c1-10-6-11-7-13(26(20,23)24)3-4-15(11)21(10)17(22)9-25-16-5-2-12(18)8-14(16)19/h2-5,7-8,10H,6,9H2,1H3,(H2,20,23,24). The topological polar surface area (TPSA) is 89.7 Å². The molecule has 0 saturated carbocycles. The van der Waals surface area contributed by atoms with E-state index in [1.165, 1.54) is 29.2 Å². The number of halogens is 2. The summed E-state index contributed by atoms with van der Waals surface area (Å²) in [5.41, 5.74) is 1.32. The molecular weight excluding hydrogens is 427 g/mol. The van der Waals surface area contributed by atoms with E-state index in [0.717, 1.165) is 0 Å². The van der Waals surface area contributed by atoms with Gasteiger partial charge in [-0.15, -0.1) is 0 Å². The largest absolute Gasteiger partial charge is 0.481 e. The van der Waals surface area contributed by atoms with Gasteiger partial charge in [0.25, 0.3) is 5.91 Å². The molecule has 1 amide bonds. The molecule has 0 spiro atoms. The Balaban J connectivity index is 1.79. The molecule has 1 atom stereocenters. The summed E-state index contributed by atoms with van der Waals surface area (Å²) < 4.78 is 42.6. The molecule has 0 radical (unpaired) electrons. The Kier molecular flexibility index (Phi) is 5.05. The van der Waals surface area contributed by atoms with Gasteiger partial charge in [-0.2, -0.15) is 0 Å². The Morgan fingerprint density at radius 2 is 2.08 bits per heavy atom. The van der Waals surface area contributed by atoms with E-state index in [0.29, 0.717) is 22.1 Å². The maximum Gasteiger partial charge on any atom is 0.265 e. The van der Waals surface area contributed by atoms with E-state index in [-0.39, 0.29) is 29.2 Å². The number of carbonyl (C=O) groups excluding carboxylic acids is 1. The SMILES string of the molecule is CC1Cc2cc(S(N)(=O)=O)ccc2N1C(=O)COc1ccc(Br)cc1F. The molecule has 0 fully saturated rings. The number of nitrogens with two attached hydrogens (primary N) is 1. The summed E-state index contributed by atoms with van der Waals surface area (Å²) in [4.78, 5) is 14.1. The highest BCUT2D eigenvalue weighted by molar-refractivity contribution is 9.10. The van der Waals surface area contributed by atoms with Crippen LogP contribution in [-0.4, -0.2) is 27.0 Å². The van der Waals surface area contributed by atoms with Gasteiger partial charge in [-0.05, 0) is 55.3 Å². The van der Waals surface area contributed by atoms with Gasteiger partial charge in [0.15, 0.2) is 18.2 Å². The molecule has 26 heavy (non-hydrogen) atoms. The van der Waals surface area contributed by atoms with Gasteiger partial charge in [-0.1, -0.05) is 15.9 Å². The first-order valence-corrected chi connectivity index (χ1v) is 10.1. The van der Waals surface area contributed by atoms with Gasteiger partial charge in [0.05, 0.1) is 4.90 Å². The number of hydrogen-bond donors (Lipinski definition) is 1. The maximum absolute atomic E-state index is 13.8. The van der Waals surface area contributed by atoms with Crippen LogP contribution in [0.15, 0.2) is 45.8 Å². The van der Waals surface area contributed by atoms with Crippen molar-refractivity contribution in [3.8, 4) is 5.75 Å². The fraction of sp³-hybridized carbons (Fsp3) is 0.235. The second-order valence-electron chi connectivity index (χ2n) is 6.02. The summed E-state index contributed by atoms with van der Waals surface area (Å²) in [5.74, 6) is -0.931. The number of sulfonamides is 1. The minimum absolute atomic E-state index is 0.00549. The normalized spacial score (nSPS) is 16.5. The molecule has 1 aliphatic heterocycles. The number of primary sulfonamides is 1. The molecule has 3 rings (SSSR count). The van der Waals surface area contributed by atoms with E-state index in [2.05, 4.69) is 15.9 Å². The van der Waals surface area contributed by atoms with Gasteiger partial charge >= 0.3 is 0 Å². The number of carbonyl (C=O) groups is 1. The van der Waals surface area contributed by atoms with Crippen molar-refractivity contribution in [2.24, 2.45) is 5.14 Å². The summed E-state index contributed by atoms with van der Waals surface area (Å²) in [6.07, 6.45) is 0.497. The number of benzene rings is 2. The van der Waals surface area contributed by atoms with Crippen LogP contribution in [0.5, 0.6) is 5.75 Å². The fourth-order valence-electron chi connectivity index (χ4n) is 2.97. The van der Waals surface area contributed by atoms with Gasteiger partial charge in [-0.3, -0.25) is 4.79 Å². The second kappa shape index (κ2) is 6.98. The average Bonchev–Trinajstić information content (AvgIpc) is 2.88. The highest BCUT2D eigenvalue weighted by Crippen LogP contribution is 2.34. The zero-order chi connectivity index (χ0) is 19.1. The Hall–Kier alpha value is -1.97. The Morgan fingerprint density at radius 1 is 1.35 bits per heavy atom. The lowest BCUT2D eigenvalue weighted by atomic mass is 10.1. The van der Waals surface area contributed by atoms with Gasteiger partial charge in [-0.25, -0.2) is 17.9 Å². The van der Waals surface area contributed by atoms with Crippen LogP contribution in [0, 0.1) is 5.82 Å². The van der Waals surface area contributed by atoms with Crippen LogP contribution in [0.1, 0.15) is 12.5 Å². The Labute approximate surface area is 158 Å². The number of fused-ring (bicyclic) bond motifs is 1. The third kappa shape index (κ3) is 3.74. The molecule has 2 aromatic rings. The van der Waals surface area contributed by atoms with Crippen molar-refractivity contribution in [1.29, 1.82) is 0 Å². The van der Waals surface area contributed by atoms with Crippen molar-refractivity contribution in [3.05, 3.63) is 52.3 Å². The van der Waals surface area contributed by atoms with Gasteiger partial charge in [0.2, 0.25) is 10.0 Å². The molecule has 0 aliphatic carbocycles. The third-order valence-electron chi connectivity index (χ3n) is 4.11. The van der Waals surface area contributed by atoms with Crippen LogP contribution in [0.4, 0.5) is 10.1 Å². The molecule has 9 heteroatoms. The maximum atomic E-state index is 13.8. The van der Waals surface area contributed by atoms with E-state index in [4.69, 9.17) is 9.88 Å². The van der Waals surface area contributed by atoms with Crippen LogP contribution in [0.3, 0.4) is 0 Å². The molecule has 2 aromatic carbocycles. The van der Waals surface area contributed by atoms with Crippen molar-refractivity contribution >= 4 is 37.5 Å². The van der Waals surface area contributed by atoms with E-state index >= 15 is 0 Å². The minimum Gasteiger partial charge on any atom is -0.481 e. The van der Waals surface area contributed by atoms with Gasteiger partial charge in [0, 0.05) is 16.2 Å². The lowest BCUT2D eigenvalue weighted by Gasteiger charge is -2.23. The van der Waals surface area contributed by atoms with E-state index in [1.54, 1.807) is 12.1 Å². The molecule has 6 nitrogen and oxygen atoms in total. The van der Waals surface area contributed by atoms with Crippen molar-refractivity contribution in [2.45, 2.75) is 24.3 Å². The molecule has 1 aliphatic rings. The molecule has 0 aromatic heterocycles. The quantitative estimate of drug-likeness (QED) is 0.787. The predicted molar refractivity (Wildman–Crippen MR) is 98.1 cm³/mol. The molecule has 2 N–H and O–H groups in total. The fourth-order valence-corrected chi connectivity index (χ4v) is 3.86. The summed E-state index contributed by atoms with van der Waals surface area (Å²) in [6, 6.07) is 8.52. The zero-order valence-corrected chi connectivity index (χ0v) is 16.2. The number of ether oxygens (including phenoxy) is 1. The first-order valence-electron chi connectivity index (χ1n) is 7.72. The van der Waals surface area contributed by atoms with Gasteiger partial charge < -0.3 is 9.64 Å². The smallest absolute Gasteiger partial charge is 0.265 e. The highest BCUT2D eigenvalue weighted by Gasteiger charge is 2.32. The number of rotatable bonds is 4. The Bertz CT molecular complexity index is 981. The second-order valence-corrected chi connectivity index (χ2v) is 8.49. The lowest BCUT2D eigenvalue weighted by molar-refractivity contribution is -0.120. The molecular formula is C17H16BrFN2O4S. The summed E-state index contributed by atoms with van der Waals surface area (Å²) in [5, 5.41) is 5.15. The Morgan fingerprint density at radius 3 is 2.73 bits per heavy atom. The monoisotopic (exact) mass is 442 g/mol. The van der Waals surface area contributed by atoms with Gasteiger partial charge in [0.1, 0.15) is 0 Å². The van der Waals surface area contributed by atoms with Crippen molar-refractivity contribution in [1.82, 2.24) is 0 Å². The van der Waals surface area contributed by atoms with Crippen molar-refractivity contribution in [2.75, 3.05) is 11.5 Å². The zero-order valence-electron chi connectivity index (χ0n) is 13.8. The van der Waals surface area contributed by atoms with Crippen molar-refractivity contribution < 1.29 is 22.3 Å². The summed E-state index contributed by atoms with van der Waals surface area (Å²) >= 11 is 3.15. The number of nitrogens with zero attached hydrogens (tertiary/aromatic N) is 1. The highest BCUT2D eigenvalue weighted by atomic mass is 79.9. The van der Waals surface area contributed by atoms with Crippen LogP contribution in [-0.2, 0) is 21.2 Å². The molecule has 0 bridgehead atoms. The predicted octanol–water partition coefficient (Wildman–Crippen LogP) is 2.59. The molecule has 1 unspecified atom stereocenters. The number of hydrogen-bond acceptors (Lipinski definition) is 4. The van der Waals surface area contributed by atoms with E-state index in [1.807, 2.05) is 6.92 Å². The van der Waals surface area contributed by atoms with Crippen LogP contribution in [0.2, 0.25) is 0 Å². The van der Waals surface area contributed by atoms with Crippen LogP contribution >= 0.6 is 15.9 Å². The average molecular weight is 443 g/mol. The van der Waals surface area contributed by atoms with Crippen LogP contribution in [0.25, 0.3) is 0 Å². The number of anilines is 1. The molecule has 1 heterocycles. The molecule has 0 saturated heterocycles. The molecule has 138 valence electrons. The third-order valence-corrected chi connectivity index (χ3v) is 5.51. The van der Waals surface area contributed by atoms with Crippen LogP contribution < -0.4 is 14.8 Å². The summed E-state index contributed by atoms with van der Waals surface area (Å²) in [6.45, 7) is 1.51. The first-order chi connectivity index (χ1) is 12.2. The number of amides is 1. The van der Waals surface area contributed by atoms with E-state index in [9.17, 15) is 17.6 Å². The lowest BCUT2D eigenvalue weighted by Crippen LogP contribution is -2.39. The van der Waals surface area contributed by atoms with Crippen molar-refractivity contribution in [3.63, 3.8) is 0 Å². The van der Waals surface area contributed by atoms with E-state index < -0.39 is 15.8 Å². The first kappa shape index (κ1) is 18.8. The summed E-state index contributed by atoms with van der Waals surface area (Å²) in [7, 11) is -3.81.